The minimum atomic E-state index is -0.887. The number of carbonyl (C=O) groups excluding carboxylic acids is 2. The van der Waals surface area contributed by atoms with Crippen molar-refractivity contribution < 1.29 is 23.8 Å². The highest BCUT2D eigenvalue weighted by molar-refractivity contribution is 7.10. The largest absolute Gasteiger partial charge is 0.497 e. The molecule has 1 atom stereocenters. The summed E-state index contributed by atoms with van der Waals surface area (Å²) in [4.78, 5) is 30.0. The fourth-order valence-corrected chi connectivity index (χ4v) is 4.78. The van der Waals surface area contributed by atoms with Crippen LogP contribution in [0, 0.1) is 0 Å². The van der Waals surface area contributed by atoms with E-state index >= 15 is 0 Å². The molecule has 8 heteroatoms. The maximum Gasteiger partial charge on any atom is 0.255 e. The van der Waals surface area contributed by atoms with E-state index in [-0.39, 0.29) is 18.4 Å². The van der Waals surface area contributed by atoms with Gasteiger partial charge in [0.25, 0.3) is 11.8 Å². The topological polar surface area (TPSA) is 77.1 Å². The molecule has 1 heterocycles. The quantitative estimate of drug-likeness (QED) is 0.288. The van der Waals surface area contributed by atoms with Crippen molar-refractivity contribution in [2.24, 2.45) is 0 Å². The third kappa shape index (κ3) is 6.10. The number of carbonyl (C=O) groups is 2. The van der Waals surface area contributed by atoms with Crippen LogP contribution in [-0.4, -0.2) is 38.0 Å². The van der Waals surface area contributed by atoms with E-state index in [4.69, 9.17) is 14.2 Å². The summed E-state index contributed by atoms with van der Waals surface area (Å²) in [6, 6.07) is 24.3. The van der Waals surface area contributed by atoms with Gasteiger partial charge in [-0.1, -0.05) is 24.3 Å². The highest BCUT2D eigenvalue weighted by Crippen LogP contribution is 2.33. The first-order chi connectivity index (χ1) is 18.0. The molecule has 190 valence electrons. The van der Waals surface area contributed by atoms with Gasteiger partial charge in [-0.25, -0.2) is 0 Å². The standard InChI is InChI=1S/C29H28N2O5S/c1-34-23-15-12-22(13-16-23)30-28(32)27(26-10-7-17-37-26)31(29(33)20-8-5-4-6-9-20)19-21-11-14-24(35-2)18-25(21)36-3/h4-18,27H,19H2,1-3H3,(H,30,32). The Morgan fingerprint density at radius 2 is 1.54 bits per heavy atom. The molecule has 0 fully saturated rings. The molecule has 2 amide bonds. The summed E-state index contributed by atoms with van der Waals surface area (Å²) >= 11 is 1.42. The van der Waals surface area contributed by atoms with Crippen LogP contribution in [0.5, 0.6) is 17.2 Å². The van der Waals surface area contributed by atoms with Gasteiger partial charge in [-0.15, -0.1) is 11.3 Å². The van der Waals surface area contributed by atoms with Crippen molar-refractivity contribution in [3.63, 3.8) is 0 Å². The fourth-order valence-electron chi connectivity index (χ4n) is 3.95. The highest BCUT2D eigenvalue weighted by Gasteiger charge is 2.33. The fraction of sp³-hybridized carbons (Fsp3) is 0.172. The Kier molecular flexibility index (Phi) is 8.43. The number of methoxy groups -OCH3 is 3. The molecule has 4 aromatic rings. The summed E-state index contributed by atoms with van der Waals surface area (Å²) in [7, 11) is 4.73. The number of thiophene rings is 1. The lowest BCUT2D eigenvalue weighted by Gasteiger charge is -2.31. The van der Waals surface area contributed by atoms with Crippen LogP contribution >= 0.6 is 11.3 Å². The molecule has 37 heavy (non-hydrogen) atoms. The van der Waals surface area contributed by atoms with Gasteiger partial charge in [0.15, 0.2) is 0 Å². The normalized spacial score (nSPS) is 11.3. The molecular formula is C29H28N2O5S. The summed E-state index contributed by atoms with van der Waals surface area (Å²) in [6.07, 6.45) is 0. The number of nitrogens with zero attached hydrogens (tertiary/aromatic N) is 1. The second kappa shape index (κ2) is 12.1. The molecule has 0 radical (unpaired) electrons. The zero-order chi connectivity index (χ0) is 26.2. The summed E-state index contributed by atoms with van der Waals surface area (Å²) in [5, 5.41) is 4.86. The Hall–Kier alpha value is -4.30. The molecule has 1 unspecified atom stereocenters. The van der Waals surface area contributed by atoms with Crippen molar-refractivity contribution in [3.05, 3.63) is 106 Å². The molecule has 1 aromatic heterocycles. The van der Waals surface area contributed by atoms with E-state index in [1.165, 1.54) is 11.3 Å². The second-order valence-electron chi connectivity index (χ2n) is 8.11. The first kappa shape index (κ1) is 25.8. The Bertz CT molecular complexity index is 1320. The number of rotatable bonds is 10. The first-order valence-corrected chi connectivity index (χ1v) is 12.5. The lowest BCUT2D eigenvalue weighted by molar-refractivity contribution is -0.120. The van der Waals surface area contributed by atoms with Gasteiger partial charge in [0.2, 0.25) is 0 Å². The van der Waals surface area contributed by atoms with Crippen LogP contribution in [0.25, 0.3) is 0 Å². The molecule has 0 saturated heterocycles. The maximum absolute atomic E-state index is 13.9. The minimum absolute atomic E-state index is 0.138. The van der Waals surface area contributed by atoms with Gasteiger partial charge in [0.05, 0.1) is 27.9 Å². The SMILES string of the molecule is COc1ccc(NC(=O)C(c2cccs2)N(Cc2ccc(OC)cc2OC)C(=O)c2ccccc2)cc1. The van der Waals surface area contributed by atoms with Crippen LogP contribution in [0.4, 0.5) is 5.69 Å². The van der Waals surface area contributed by atoms with Crippen molar-refractivity contribution in [1.29, 1.82) is 0 Å². The molecule has 4 rings (SSSR count). The highest BCUT2D eigenvalue weighted by atomic mass is 32.1. The zero-order valence-corrected chi connectivity index (χ0v) is 21.7. The summed E-state index contributed by atoms with van der Waals surface area (Å²) in [5.41, 5.74) is 1.82. The average Bonchev–Trinajstić information content (AvgIpc) is 3.47. The van der Waals surface area contributed by atoms with E-state index in [1.807, 2.05) is 29.6 Å². The van der Waals surface area contributed by atoms with Gasteiger partial charge in [-0.2, -0.15) is 0 Å². The summed E-state index contributed by atoms with van der Waals surface area (Å²) in [6.45, 7) is 0.138. The number of hydrogen-bond acceptors (Lipinski definition) is 6. The number of hydrogen-bond donors (Lipinski definition) is 1. The monoisotopic (exact) mass is 516 g/mol. The number of benzene rings is 3. The third-order valence-electron chi connectivity index (χ3n) is 5.85. The van der Waals surface area contributed by atoms with E-state index < -0.39 is 6.04 Å². The molecule has 0 bridgehead atoms. The van der Waals surface area contributed by atoms with E-state index in [0.29, 0.717) is 28.5 Å². The van der Waals surface area contributed by atoms with Gasteiger partial charge in [0.1, 0.15) is 23.3 Å². The van der Waals surface area contributed by atoms with Crippen molar-refractivity contribution in [2.45, 2.75) is 12.6 Å². The lowest BCUT2D eigenvalue weighted by Crippen LogP contribution is -2.40. The smallest absolute Gasteiger partial charge is 0.255 e. The molecule has 0 saturated carbocycles. The minimum Gasteiger partial charge on any atom is -0.497 e. The van der Waals surface area contributed by atoms with Crippen molar-refractivity contribution in [3.8, 4) is 17.2 Å². The van der Waals surface area contributed by atoms with Crippen LogP contribution in [0.1, 0.15) is 26.8 Å². The van der Waals surface area contributed by atoms with E-state index in [0.717, 1.165) is 10.4 Å². The first-order valence-electron chi connectivity index (χ1n) is 11.6. The van der Waals surface area contributed by atoms with Gasteiger partial charge >= 0.3 is 0 Å². The molecule has 0 aliphatic heterocycles. The predicted octanol–water partition coefficient (Wildman–Crippen LogP) is 5.80. The van der Waals surface area contributed by atoms with Gasteiger partial charge in [-0.3, -0.25) is 9.59 Å². The van der Waals surface area contributed by atoms with Crippen LogP contribution in [0.3, 0.4) is 0 Å². The zero-order valence-electron chi connectivity index (χ0n) is 20.8. The number of nitrogens with one attached hydrogen (secondary N) is 1. The Morgan fingerprint density at radius 3 is 2.16 bits per heavy atom. The molecular weight excluding hydrogens is 488 g/mol. The van der Waals surface area contributed by atoms with Crippen molar-refractivity contribution in [1.82, 2.24) is 4.90 Å². The van der Waals surface area contributed by atoms with Crippen molar-refractivity contribution in [2.75, 3.05) is 26.6 Å². The number of ether oxygens (including phenoxy) is 3. The lowest BCUT2D eigenvalue weighted by atomic mass is 10.1. The molecule has 0 spiro atoms. The van der Waals surface area contributed by atoms with Crippen LogP contribution < -0.4 is 19.5 Å². The Morgan fingerprint density at radius 1 is 0.838 bits per heavy atom. The van der Waals surface area contributed by atoms with E-state index in [2.05, 4.69) is 5.32 Å². The predicted molar refractivity (Wildman–Crippen MR) is 145 cm³/mol. The molecule has 0 aliphatic rings. The summed E-state index contributed by atoms with van der Waals surface area (Å²) < 4.78 is 16.1. The average molecular weight is 517 g/mol. The summed E-state index contributed by atoms with van der Waals surface area (Å²) in [5.74, 6) is 1.27. The van der Waals surface area contributed by atoms with Gasteiger partial charge < -0.3 is 24.4 Å². The number of anilines is 1. The molecule has 1 N–H and O–H groups in total. The van der Waals surface area contributed by atoms with Gasteiger partial charge in [0, 0.05) is 27.8 Å². The van der Waals surface area contributed by atoms with Crippen LogP contribution in [0.15, 0.2) is 90.3 Å². The van der Waals surface area contributed by atoms with Crippen molar-refractivity contribution >= 4 is 28.8 Å². The number of amides is 2. The molecule has 7 nitrogen and oxygen atoms in total. The van der Waals surface area contributed by atoms with Crippen LogP contribution in [0.2, 0.25) is 0 Å². The molecule has 0 aliphatic carbocycles. The Balaban J connectivity index is 1.76. The van der Waals surface area contributed by atoms with E-state index in [9.17, 15) is 9.59 Å². The van der Waals surface area contributed by atoms with Gasteiger partial charge in [-0.05, 0) is 60.0 Å². The Labute approximate surface area is 220 Å². The second-order valence-corrected chi connectivity index (χ2v) is 9.09. The molecule has 3 aromatic carbocycles. The third-order valence-corrected chi connectivity index (χ3v) is 6.77. The van der Waals surface area contributed by atoms with Crippen LogP contribution in [-0.2, 0) is 11.3 Å². The maximum atomic E-state index is 13.9. The van der Waals surface area contributed by atoms with E-state index in [1.54, 1.807) is 86.9 Å².